The monoisotopic (exact) mass is 263 g/mol. The van der Waals surface area contributed by atoms with Crippen molar-refractivity contribution in [3.63, 3.8) is 0 Å². The number of hydrogen-bond acceptors (Lipinski definition) is 3. The average Bonchev–Trinajstić information content (AvgIpc) is 2.36. The van der Waals surface area contributed by atoms with Crippen molar-refractivity contribution < 1.29 is 9.53 Å². The van der Waals surface area contributed by atoms with E-state index in [-0.39, 0.29) is 5.78 Å². The fraction of sp³-hybridized carbons (Fsp3) is 0.562. The third kappa shape index (κ3) is 5.03. The molecule has 1 aromatic rings. The second-order valence-electron chi connectivity index (χ2n) is 5.42. The molecular weight excluding hydrogens is 238 g/mol. The predicted octanol–water partition coefficient (Wildman–Crippen LogP) is 3.23. The first-order chi connectivity index (χ1) is 8.93. The lowest BCUT2D eigenvalue weighted by molar-refractivity contribution is -0.117. The zero-order valence-electron chi connectivity index (χ0n) is 12.7. The maximum absolute atomic E-state index is 11.0. The lowest BCUT2D eigenvalue weighted by atomic mass is 9.99. The summed E-state index contributed by atoms with van der Waals surface area (Å²) in [6.45, 7) is 7.63. The maximum atomic E-state index is 11.0. The first-order valence-corrected chi connectivity index (χ1v) is 6.78. The standard InChI is InChI=1S/C16H25NO2/c1-12(2)15-10-14(6-7-16(15)19-5)11-17(4)9-8-13(3)18/h6-7,10,12H,8-9,11H2,1-5H3. The first kappa shape index (κ1) is 15.7. The van der Waals surface area contributed by atoms with E-state index >= 15 is 0 Å². The highest BCUT2D eigenvalue weighted by atomic mass is 16.5. The van der Waals surface area contributed by atoms with Crippen LogP contribution in [-0.2, 0) is 11.3 Å². The number of ketones is 1. The summed E-state index contributed by atoms with van der Waals surface area (Å²) >= 11 is 0. The number of rotatable bonds is 7. The Balaban J connectivity index is 2.73. The second-order valence-corrected chi connectivity index (χ2v) is 5.42. The molecular formula is C16H25NO2. The van der Waals surface area contributed by atoms with Crippen LogP contribution >= 0.6 is 0 Å². The highest BCUT2D eigenvalue weighted by Crippen LogP contribution is 2.27. The summed E-state index contributed by atoms with van der Waals surface area (Å²) in [6, 6.07) is 6.33. The van der Waals surface area contributed by atoms with E-state index in [1.807, 2.05) is 13.1 Å². The number of hydrogen-bond donors (Lipinski definition) is 0. The number of benzene rings is 1. The number of Topliss-reactive ketones (excluding diaryl/α,β-unsaturated/α-hetero) is 1. The lowest BCUT2D eigenvalue weighted by Gasteiger charge is -2.18. The van der Waals surface area contributed by atoms with E-state index < -0.39 is 0 Å². The number of carbonyl (C=O) groups is 1. The molecule has 0 aliphatic heterocycles. The zero-order valence-corrected chi connectivity index (χ0v) is 12.7. The van der Waals surface area contributed by atoms with Gasteiger partial charge in [0.15, 0.2) is 0 Å². The topological polar surface area (TPSA) is 29.5 Å². The van der Waals surface area contributed by atoms with Crippen molar-refractivity contribution in [2.24, 2.45) is 0 Å². The third-order valence-corrected chi connectivity index (χ3v) is 3.21. The normalized spacial score (nSPS) is 11.1. The second kappa shape index (κ2) is 7.29. The van der Waals surface area contributed by atoms with E-state index in [0.717, 1.165) is 18.8 Å². The summed E-state index contributed by atoms with van der Waals surface area (Å²) in [6.07, 6.45) is 0.615. The third-order valence-electron chi connectivity index (χ3n) is 3.21. The van der Waals surface area contributed by atoms with E-state index in [1.54, 1.807) is 14.0 Å². The van der Waals surface area contributed by atoms with Gasteiger partial charge < -0.3 is 9.64 Å². The molecule has 0 heterocycles. The van der Waals surface area contributed by atoms with E-state index in [9.17, 15) is 4.79 Å². The molecule has 0 spiro atoms. The molecule has 0 atom stereocenters. The molecule has 3 nitrogen and oxygen atoms in total. The number of nitrogens with zero attached hydrogens (tertiary/aromatic N) is 1. The van der Waals surface area contributed by atoms with Crippen LogP contribution in [0.2, 0.25) is 0 Å². The fourth-order valence-electron chi connectivity index (χ4n) is 2.07. The number of carbonyl (C=O) groups excluding carboxylic acids is 1. The Morgan fingerprint density at radius 1 is 1.37 bits per heavy atom. The van der Waals surface area contributed by atoms with Crippen LogP contribution in [0.3, 0.4) is 0 Å². The molecule has 106 valence electrons. The number of ether oxygens (including phenoxy) is 1. The summed E-state index contributed by atoms with van der Waals surface area (Å²) < 4.78 is 5.39. The van der Waals surface area contributed by atoms with Crippen LogP contribution in [0.1, 0.15) is 44.2 Å². The Hall–Kier alpha value is -1.35. The van der Waals surface area contributed by atoms with Crippen molar-refractivity contribution in [3.8, 4) is 5.75 Å². The smallest absolute Gasteiger partial charge is 0.131 e. The summed E-state index contributed by atoms with van der Waals surface area (Å²) in [5.74, 6) is 1.63. The largest absolute Gasteiger partial charge is 0.496 e. The van der Waals surface area contributed by atoms with Gasteiger partial charge in [0.05, 0.1) is 7.11 Å². The van der Waals surface area contributed by atoms with Gasteiger partial charge in [-0.1, -0.05) is 26.0 Å². The molecule has 1 aromatic carbocycles. The quantitative estimate of drug-likeness (QED) is 0.756. The molecule has 3 heteroatoms. The molecule has 0 aliphatic rings. The predicted molar refractivity (Wildman–Crippen MR) is 78.7 cm³/mol. The molecule has 0 bridgehead atoms. The van der Waals surface area contributed by atoms with Crippen LogP contribution in [0.15, 0.2) is 18.2 Å². The van der Waals surface area contributed by atoms with Gasteiger partial charge in [0.2, 0.25) is 0 Å². The van der Waals surface area contributed by atoms with Crippen molar-refractivity contribution in [2.45, 2.75) is 39.7 Å². The van der Waals surface area contributed by atoms with Crippen molar-refractivity contribution in [3.05, 3.63) is 29.3 Å². The first-order valence-electron chi connectivity index (χ1n) is 6.78. The summed E-state index contributed by atoms with van der Waals surface area (Å²) in [7, 11) is 3.75. The van der Waals surface area contributed by atoms with Gasteiger partial charge in [0.1, 0.15) is 11.5 Å². The zero-order chi connectivity index (χ0) is 14.4. The van der Waals surface area contributed by atoms with Crippen molar-refractivity contribution >= 4 is 5.78 Å². The SMILES string of the molecule is COc1ccc(CN(C)CCC(C)=O)cc1C(C)C. The van der Waals surface area contributed by atoms with E-state index in [0.29, 0.717) is 12.3 Å². The van der Waals surface area contributed by atoms with Gasteiger partial charge in [0.25, 0.3) is 0 Å². The van der Waals surface area contributed by atoms with E-state index in [1.165, 1.54) is 11.1 Å². The Bertz CT molecular complexity index is 427. The van der Waals surface area contributed by atoms with Gasteiger partial charge in [-0.15, -0.1) is 0 Å². The summed E-state index contributed by atoms with van der Waals surface area (Å²) in [4.78, 5) is 13.2. The van der Waals surface area contributed by atoms with E-state index in [4.69, 9.17) is 4.74 Å². The van der Waals surface area contributed by atoms with Gasteiger partial charge in [-0.3, -0.25) is 4.79 Å². The highest BCUT2D eigenvalue weighted by Gasteiger charge is 2.09. The minimum absolute atomic E-state index is 0.240. The minimum Gasteiger partial charge on any atom is -0.496 e. The lowest BCUT2D eigenvalue weighted by Crippen LogP contribution is -2.20. The average molecular weight is 263 g/mol. The van der Waals surface area contributed by atoms with E-state index in [2.05, 4.69) is 30.9 Å². The minimum atomic E-state index is 0.240. The molecule has 1 rings (SSSR count). The van der Waals surface area contributed by atoms with Gasteiger partial charge in [-0.25, -0.2) is 0 Å². The Kier molecular flexibility index (Phi) is 6.03. The maximum Gasteiger partial charge on any atom is 0.131 e. The molecule has 0 saturated carbocycles. The highest BCUT2D eigenvalue weighted by molar-refractivity contribution is 5.75. The molecule has 0 aromatic heterocycles. The van der Waals surface area contributed by atoms with Gasteiger partial charge >= 0.3 is 0 Å². The fourth-order valence-corrected chi connectivity index (χ4v) is 2.07. The van der Waals surface area contributed by atoms with Crippen LogP contribution in [-0.4, -0.2) is 31.4 Å². The number of methoxy groups -OCH3 is 1. The molecule has 0 fully saturated rings. The Morgan fingerprint density at radius 2 is 2.05 bits per heavy atom. The Morgan fingerprint density at radius 3 is 2.58 bits per heavy atom. The molecule has 0 radical (unpaired) electrons. The van der Waals surface area contributed by atoms with Crippen LogP contribution < -0.4 is 4.74 Å². The summed E-state index contributed by atoms with van der Waals surface area (Å²) in [5.41, 5.74) is 2.50. The van der Waals surface area contributed by atoms with Gasteiger partial charge in [-0.05, 0) is 37.1 Å². The van der Waals surface area contributed by atoms with Crippen LogP contribution in [0.4, 0.5) is 0 Å². The van der Waals surface area contributed by atoms with Crippen molar-refractivity contribution in [2.75, 3.05) is 20.7 Å². The molecule has 0 amide bonds. The molecule has 0 saturated heterocycles. The van der Waals surface area contributed by atoms with Crippen LogP contribution in [0.25, 0.3) is 0 Å². The van der Waals surface area contributed by atoms with Gasteiger partial charge in [0, 0.05) is 19.5 Å². The summed E-state index contributed by atoms with van der Waals surface area (Å²) in [5, 5.41) is 0. The van der Waals surface area contributed by atoms with Crippen LogP contribution in [0, 0.1) is 0 Å². The molecule has 0 aliphatic carbocycles. The van der Waals surface area contributed by atoms with Crippen molar-refractivity contribution in [1.82, 2.24) is 4.90 Å². The van der Waals surface area contributed by atoms with Crippen molar-refractivity contribution in [1.29, 1.82) is 0 Å². The van der Waals surface area contributed by atoms with Crippen LogP contribution in [0.5, 0.6) is 5.75 Å². The Labute approximate surface area is 116 Å². The molecule has 19 heavy (non-hydrogen) atoms. The molecule has 0 N–H and O–H groups in total. The molecule has 0 unspecified atom stereocenters. The van der Waals surface area contributed by atoms with Gasteiger partial charge in [-0.2, -0.15) is 0 Å².